The molecule has 1 aromatic heterocycles. The third-order valence-electron chi connectivity index (χ3n) is 4.51. The second-order valence-corrected chi connectivity index (χ2v) is 8.77. The predicted molar refractivity (Wildman–Crippen MR) is 104 cm³/mol. The number of likely N-dealkylation sites (N-methyl/N-ethyl adjacent to an activating group) is 1. The molecule has 0 fully saturated rings. The number of hydrogen-bond acceptors (Lipinski definition) is 4. The lowest BCUT2D eigenvalue weighted by atomic mass is 10.1. The van der Waals surface area contributed by atoms with E-state index < -0.39 is 15.9 Å². The number of amides is 1. The first-order chi connectivity index (χ1) is 12.5. The lowest BCUT2D eigenvalue weighted by Gasteiger charge is -2.18. The highest BCUT2D eigenvalue weighted by Gasteiger charge is 2.23. The summed E-state index contributed by atoms with van der Waals surface area (Å²) in [7, 11) is -2.42. The van der Waals surface area contributed by atoms with Gasteiger partial charge in [0.05, 0.1) is 11.4 Å². The summed E-state index contributed by atoms with van der Waals surface area (Å²) < 4.78 is 26.3. The van der Waals surface area contributed by atoms with Crippen LogP contribution in [0.3, 0.4) is 0 Å². The van der Waals surface area contributed by atoms with Crippen LogP contribution in [0.25, 0.3) is 0 Å². The monoisotopic (exact) mass is 391 g/mol. The molecule has 0 saturated heterocycles. The van der Waals surface area contributed by atoms with E-state index in [1.54, 1.807) is 26.0 Å². The van der Waals surface area contributed by atoms with Crippen LogP contribution in [-0.2, 0) is 21.4 Å². The van der Waals surface area contributed by atoms with Crippen molar-refractivity contribution < 1.29 is 13.2 Å². The van der Waals surface area contributed by atoms with Gasteiger partial charge in [0, 0.05) is 24.8 Å². The molecule has 0 aliphatic rings. The fourth-order valence-electron chi connectivity index (χ4n) is 2.69. The number of aromatic nitrogens is 1. The molecule has 0 atom stereocenters. The van der Waals surface area contributed by atoms with E-state index in [2.05, 4.69) is 10.3 Å². The van der Waals surface area contributed by atoms with Gasteiger partial charge in [-0.25, -0.2) is 8.42 Å². The van der Waals surface area contributed by atoms with E-state index in [-0.39, 0.29) is 23.5 Å². The van der Waals surface area contributed by atoms with E-state index in [1.807, 2.05) is 19.9 Å². The van der Waals surface area contributed by atoms with Gasteiger partial charge in [0.15, 0.2) is 0 Å². The summed E-state index contributed by atoms with van der Waals surface area (Å²) in [6.45, 7) is 7.01. The lowest BCUT2D eigenvalue weighted by Crippen LogP contribution is -2.39. The summed E-state index contributed by atoms with van der Waals surface area (Å²) in [6.07, 6.45) is 0. The van der Waals surface area contributed by atoms with Gasteiger partial charge in [-0.2, -0.15) is 4.31 Å². The van der Waals surface area contributed by atoms with E-state index in [1.165, 1.54) is 13.1 Å². The molecule has 146 valence electrons. The molecule has 0 spiro atoms. The van der Waals surface area contributed by atoms with Crippen LogP contribution in [0.1, 0.15) is 27.9 Å². The molecule has 0 bridgehead atoms. The summed E-state index contributed by atoms with van der Waals surface area (Å²) in [6, 6.07) is 6.68. The number of carbonyl (C=O) groups is 1. The predicted octanol–water partition coefficient (Wildman–Crippen LogP) is 1.55. The average molecular weight is 391 g/mol. The molecular formula is C19H25N3O4S. The second-order valence-electron chi connectivity index (χ2n) is 6.73. The summed E-state index contributed by atoms with van der Waals surface area (Å²) in [4.78, 5) is 27.0. The first kappa shape index (κ1) is 20.9. The van der Waals surface area contributed by atoms with Gasteiger partial charge in [-0.05, 0) is 62.6 Å². The lowest BCUT2D eigenvalue weighted by molar-refractivity contribution is -0.121. The van der Waals surface area contributed by atoms with Crippen LogP contribution >= 0.6 is 0 Å². The highest BCUT2D eigenvalue weighted by Crippen LogP contribution is 2.18. The Hall–Kier alpha value is -2.45. The molecule has 0 aliphatic carbocycles. The molecule has 1 aromatic carbocycles. The minimum absolute atomic E-state index is 0.0395. The van der Waals surface area contributed by atoms with Crippen LogP contribution in [0.15, 0.2) is 34.0 Å². The normalized spacial score (nSPS) is 11.6. The Labute approximate surface area is 159 Å². The van der Waals surface area contributed by atoms with Crippen molar-refractivity contribution in [3.63, 3.8) is 0 Å². The molecular weight excluding hydrogens is 366 g/mol. The van der Waals surface area contributed by atoms with E-state index in [0.29, 0.717) is 5.56 Å². The maximum absolute atomic E-state index is 12.6. The van der Waals surface area contributed by atoms with Crippen LogP contribution in [0.5, 0.6) is 0 Å². The summed E-state index contributed by atoms with van der Waals surface area (Å²) >= 11 is 0. The largest absolute Gasteiger partial charge is 0.351 e. The molecule has 1 amide bonds. The van der Waals surface area contributed by atoms with Gasteiger partial charge in [-0.15, -0.1) is 0 Å². The number of benzene rings is 1. The molecule has 2 rings (SSSR count). The van der Waals surface area contributed by atoms with E-state index in [0.717, 1.165) is 26.7 Å². The van der Waals surface area contributed by atoms with Gasteiger partial charge in [-0.3, -0.25) is 9.59 Å². The van der Waals surface area contributed by atoms with Crippen molar-refractivity contribution in [1.29, 1.82) is 0 Å². The van der Waals surface area contributed by atoms with Crippen molar-refractivity contribution in [2.75, 3.05) is 13.6 Å². The number of nitrogens with zero attached hydrogens (tertiary/aromatic N) is 1. The van der Waals surface area contributed by atoms with E-state index in [4.69, 9.17) is 0 Å². The smallest absolute Gasteiger partial charge is 0.253 e. The number of aryl methyl sites for hydroxylation is 4. The highest BCUT2D eigenvalue weighted by molar-refractivity contribution is 7.89. The summed E-state index contributed by atoms with van der Waals surface area (Å²) in [5.41, 5.74) is 3.56. The summed E-state index contributed by atoms with van der Waals surface area (Å²) in [5, 5.41) is 2.61. The number of nitrogens with one attached hydrogen (secondary N) is 2. The van der Waals surface area contributed by atoms with Gasteiger partial charge >= 0.3 is 0 Å². The van der Waals surface area contributed by atoms with Crippen molar-refractivity contribution in [2.45, 2.75) is 39.1 Å². The first-order valence-corrected chi connectivity index (χ1v) is 9.96. The summed E-state index contributed by atoms with van der Waals surface area (Å²) in [5.74, 6) is -0.482. The number of aromatic amines is 1. The van der Waals surface area contributed by atoms with Gasteiger partial charge in [0.2, 0.25) is 15.9 Å². The quantitative estimate of drug-likeness (QED) is 0.780. The number of sulfonamides is 1. The SMILES string of the molecule is Cc1cc(C)c(CNC(=O)CN(C)S(=O)(=O)c2ccc(C)c(C)c2)c(=O)[nH]1. The maximum atomic E-state index is 12.6. The van der Waals surface area contributed by atoms with Crippen molar-refractivity contribution in [3.8, 4) is 0 Å². The molecule has 2 aromatic rings. The Morgan fingerprint density at radius 2 is 1.74 bits per heavy atom. The van der Waals surface area contributed by atoms with Crippen LogP contribution in [-0.4, -0.2) is 37.2 Å². The Morgan fingerprint density at radius 1 is 1.07 bits per heavy atom. The van der Waals surface area contributed by atoms with E-state index >= 15 is 0 Å². The Balaban J connectivity index is 2.07. The fraction of sp³-hybridized carbons (Fsp3) is 0.368. The van der Waals surface area contributed by atoms with Crippen LogP contribution in [0.4, 0.5) is 0 Å². The standard InChI is InChI=1S/C19H25N3O4S/c1-12-6-7-16(9-13(12)2)27(25,26)22(5)11-18(23)20-10-17-14(3)8-15(4)21-19(17)24/h6-9H,10-11H2,1-5H3,(H,20,23)(H,21,24). The van der Waals surface area contributed by atoms with Gasteiger partial charge in [-0.1, -0.05) is 6.07 Å². The zero-order valence-corrected chi connectivity index (χ0v) is 17.0. The van der Waals surface area contributed by atoms with Crippen molar-refractivity contribution in [2.24, 2.45) is 0 Å². The number of pyridine rings is 1. The zero-order valence-electron chi connectivity index (χ0n) is 16.2. The minimum Gasteiger partial charge on any atom is -0.351 e. The van der Waals surface area contributed by atoms with Crippen LogP contribution < -0.4 is 10.9 Å². The number of H-pyrrole nitrogens is 1. The van der Waals surface area contributed by atoms with Gasteiger partial charge in [0.25, 0.3) is 5.56 Å². The molecule has 1 heterocycles. The molecule has 2 N–H and O–H groups in total. The number of hydrogen-bond donors (Lipinski definition) is 2. The van der Waals surface area contributed by atoms with Crippen molar-refractivity contribution in [3.05, 3.63) is 62.6 Å². The molecule has 0 saturated carbocycles. The van der Waals surface area contributed by atoms with Crippen LogP contribution in [0, 0.1) is 27.7 Å². The third kappa shape index (κ3) is 4.84. The van der Waals surface area contributed by atoms with Crippen LogP contribution in [0.2, 0.25) is 0 Å². The zero-order chi connectivity index (χ0) is 20.4. The number of rotatable bonds is 6. The van der Waals surface area contributed by atoms with Gasteiger partial charge < -0.3 is 10.3 Å². The molecule has 8 heteroatoms. The molecule has 0 radical (unpaired) electrons. The Kier molecular flexibility index (Phi) is 6.22. The average Bonchev–Trinajstić information content (AvgIpc) is 2.56. The van der Waals surface area contributed by atoms with Gasteiger partial charge in [0.1, 0.15) is 0 Å². The van der Waals surface area contributed by atoms with E-state index in [9.17, 15) is 18.0 Å². The number of carbonyl (C=O) groups excluding carboxylic acids is 1. The fourth-order valence-corrected chi connectivity index (χ4v) is 3.90. The highest BCUT2D eigenvalue weighted by atomic mass is 32.2. The molecule has 27 heavy (non-hydrogen) atoms. The first-order valence-electron chi connectivity index (χ1n) is 8.52. The Bertz CT molecular complexity index is 1030. The second kappa shape index (κ2) is 8.06. The van der Waals surface area contributed by atoms with Crippen molar-refractivity contribution >= 4 is 15.9 Å². The maximum Gasteiger partial charge on any atom is 0.253 e. The Morgan fingerprint density at radius 3 is 2.33 bits per heavy atom. The molecule has 0 unspecified atom stereocenters. The molecule has 7 nitrogen and oxygen atoms in total. The third-order valence-corrected chi connectivity index (χ3v) is 6.31. The topological polar surface area (TPSA) is 99.3 Å². The van der Waals surface area contributed by atoms with Crippen molar-refractivity contribution in [1.82, 2.24) is 14.6 Å². The molecule has 0 aliphatic heterocycles. The minimum atomic E-state index is -3.77.